The monoisotopic (exact) mass is 347 g/mol. The van der Waals surface area contributed by atoms with Crippen LogP contribution in [-0.4, -0.2) is 40.9 Å². The van der Waals surface area contributed by atoms with E-state index in [2.05, 4.69) is 10.2 Å². The fraction of sp³-hybridized carbons (Fsp3) is 0.611. The van der Waals surface area contributed by atoms with Crippen molar-refractivity contribution < 1.29 is 14.1 Å². The summed E-state index contributed by atoms with van der Waals surface area (Å²) in [4.78, 5) is 25.7. The minimum atomic E-state index is -0.639. The van der Waals surface area contributed by atoms with Crippen LogP contribution >= 0.6 is 0 Å². The van der Waals surface area contributed by atoms with Crippen LogP contribution < -0.4 is 5.32 Å². The van der Waals surface area contributed by atoms with Crippen LogP contribution in [-0.2, 0) is 0 Å². The van der Waals surface area contributed by atoms with E-state index >= 15 is 0 Å². The van der Waals surface area contributed by atoms with Crippen molar-refractivity contribution in [3.8, 4) is 0 Å². The van der Waals surface area contributed by atoms with Gasteiger partial charge in [-0.25, -0.2) is 4.39 Å². The van der Waals surface area contributed by atoms with Gasteiger partial charge in [-0.2, -0.15) is 0 Å². The fourth-order valence-electron chi connectivity index (χ4n) is 4.52. The minimum Gasteiger partial charge on any atom is -0.348 e. The first-order chi connectivity index (χ1) is 12.0. The van der Waals surface area contributed by atoms with Crippen LogP contribution in [0.3, 0.4) is 0 Å². The third kappa shape index (κ3) is 3.25. The van der Waals surface area contributed by atoms with Crippen molar-refractivity contribution in [2.75, 3.05) is 13.1 Å². The summed E-state index contributed by atoms with van der Waals surface area (Å²) >= 11 is 0. The van der Waals surface area contributed by atoms with Gasteiger partial charge in [0.2, 0.25) is 0 Å². The maximum atomic E-state index is 13.5. The number of nitrogens with one attached hydrogen (secondary N) is 1. The maximum Gasteiger partial charge on any atom is 0.282 e. The number of piperidine rings is 1. The Morgan fingerprint density at radius 1 is 1.20 bits per heavy atom. The largest absolute Gasteiger partial charge is 0.348 e. The molecule has 0 aromatic heterocycles. The molecule has 2 aliphatic carbocycles. The molecule has 1 aliphatic heterocycles. The Hall–Kier alpha value is -2.02. The Balaban J connectivity index is 1.53. The minimum absolute atomic E-state index is 0.0270. The first kappa shape index (κ1) is 16.4. The molecule has 1 heterocycles. The predicted molar refractivity (Wildman–Crippen MR) is 89.7 cm³/mol. The number of halogens is 1. The first-order valence-electron chi connectivity index (χ1n) is 9.02. The topological polar surface area (TPSA) is 75.5 Å². The normalized spacial score (nSPS) is 29.2. The van der Waals surface area contributed by atoms with Crippen molar-refractivity contribution in [2.45, 2.75) is 44.2 Å². The molecule has 0 radical (unpaired) electrons. The number of nitro benzene ring substituents is 1. The van der Waals surface area contributed by atoms with Crippen LogP contribution in [0.4, 0.5) is 10.1 Å². The van der Waals surface area contributed by atoms with E-state index in [0.29, 0.717) is 17.9 Å². The number of carbonyl (C=O) groups excluding carboxylic acids is 1. The summed E-state index contributed by atoms with van der Waals surface area (Å²) in [6.45, 7) is 1.97. The van der Waals surface area contributed by atoms with Gasteiger partial charge in [0.05, 0.1) is 4.92 Å². The van der Waals surface area contributed by atoms with Crippen LogP contribution in [0.1, 0.15) is 42.5 Å². The SMILES string of the molecule is O=C(NC1C2CCCC1CN(C1CC1)C2)c1cc(F)ccc1[N+](=O)[O-]. The molecule has 3 fully saturated rings. The van der Waals surface area contributed by atoms with E-state index in [1.807, 2.05) is 0 Å². The molecule has 6 nitrogen and oxygen atoms in total. The molecule has 2 atom stereocenters. The molecule has 1 amide bonds. The molecule has 3 aliphatic rings. The summed E-state index contributed by atoms with van der Waals surface area (Å²) < 4.78 is 13.5. The summed E-state index contributed by atoms with van der Waals surface area (Å²) in [5.41, 5.74) is -0.535. The number of nitrogens with zero attached hydrogens (tertiary/aromatic N) is 2. The molecule has 1 aromatic carbocycles. The van der Waals surface area contributed by atoms with Crippen LogP contribution in [0, 0.1) is 27.8 Å². The molecule has 1 N–H and O–H groups in total. The Kier molecular flexibility index (Phi) is 4.19. The van der Waals surface area contributed by atoms with E-state index in [0.717, 1.165) is 44.1 Å². The zero-order valence-electron chi connectivity index (χ0n) is 14.0. The van der Waals surface area contributed by atoms with Crippen molar-refractivity contribution in [2.24, 2.45) is 11.8 Å². The summed E-state index contributed by atoms with van der Waals surface area (Å²) in [6.07, 6.45) is 5.84. The summed E-state index contributed by atoms with van der Waals surface area (Å²) in [7, 11) is 0. The van der Waals surface area contributed by atoms with E-state index < -0.39 is 16.6 Å². The standard InChI is InChI=1S/C18H22FN3O3/c19-13-4-7-16(22(24)25)15(8-13)18(23)20-17-11-2-1-3-12(17)10-21(9-11)14-5-6-14/h4,7-8,11-12,14,17H,1-3,5-6,9-10H2,(H,20,23). The smallest absolute Gasteiger partial charge is 0.282 e. The van der Waals surface area contributed by atoms with Crippen LogP contribution in [0.5, 0.6) is 0 Å². The van der Waals surface area contributed by atoms with E-state index in [1.54, 1.807) is 0 Å². The molecule has 0 spiro atoms. The highest BCUT2D eigenvalue weighted by Crippen LogP contribution is 2.39. The van der Waals surface area contributed by atoms with E-state index in [-0.39, 0.29) is 17.3 Å². The molecule has 134 valence electrons. The van der Waals surface area contributed by atoms with Gasteiger partial charge in [-0.3, -0.25) is 19.8 Å². The number of hydrogen-bond acceptors (Lipinski definition) is 4. The van der Waals surface area contributed by atoms with Crippen LogP contribution in [0.2, 0.25) is 0 Å². The van der Waals surface area contributed by atoms with Gasteiger partial charge in [0.25, 0.3) is 11.6 Å². The summed E-state index contributed by atoms with van der Waals surface area (Å²) in [6, 6.07) is 3.77. The highest BCUT2D eigenvalue weighted by atomic mass is 19.1. The first-order valence-corrected chi connectivity index (χ1v) is 9.02. The zero-order valence-corrected chi connectivity index (χ0v) is 14.0. The average molecular weight is 347 g/mol. The Morgan fingerprint density at radius 3 is 2.48 bits per heavy atom. The fourth-order valence-corrected chi connectivity index (χ4v) is 4.52. The van der Waals surface area contributed by atoms with Crippen LogP contribution in [0.25, 0.3) is 0 Å². The molecule has 1 saturated heterocycles. The van der Waals surface area contributed by atoms with Gasteiger partial charge < -0.3 is 5.32 Å². The van der Waals surface area contributed by atoms with E-state index in [9.17, 15) is 19.3 Å². The van der Waals surface area contributed by atoms with Gasteiger partial charge in [-0.05, 0) is 49.7 Å². The lowest BCUT2D eigenvalue weighted by Crippen LogP contribution is -2.58. The highest BCUT2D eigenvalue weighted by Gasteiger charge is 2.44. The van der Waals surface area contributed by atoms with E-state index in [1.165, 1.54) is 19.3 Å². The van der Waals surface area contributed by atoms with Crippen molar-refractivity contribution in [3.05, 3.63) is 39.7 Å². The third-order valence-electron chi connectivity index (χ3n) is 5.86. The quantitative estimate of drug-likeness (QED) is 0.671. The number of nitro groups is 1. The molecule has 2 unspecified atom stereocenters. The lowest BCUT2D eigenvalue weighted by atomic mass is 9.73. The molecule has 25 heavy (non-hydrogen) atoms. The van der Waals surface area contributed by atoms with Crippen molar-refractivity contribution in [1.82, 2.24) is 10.2 Å². The van der Waals surface area contributed by atoms with Gasteiger partial charge in [0.1, 0.15) is 11.4 Å². The van der Waals surface area contributed by atoms with Gasteiger partial charge in [-0.15, -0.1) is 0 Å². The number of likely N-dealkylation sites (tertiary alicyclic amines) is 1. The Bertz CT molecular complexity index is 693. The highest BCUT2D eigenvalue weighted by molar-refractivity contribution is 5.98. The Morgan fingerprint density at radius 2 is 1.88 bits per heavy atom. The number of amides is 1. The number of benzene rings is 1. The number of hydrogen-bond donors (Lipinski definition) is 1. The van der Waals surface area contributed by atoms with Gasteiger partial charge in [0, 0.05) is 31.2 Å². The second-order valence-corrected chi connectivity index (χ2v) is 7.55. The molecule has 2 saturated carbocycles. The van der Waals surface area contributed by atoms with Crippen LogP contribution in [0.15, 0.2) is 18.2 Å². The van der Waals surface area contributed by atoms with Gasteiger partial charge >= 0.3 is 0 Å². The van der Waals surface area contributed by atoms with Crippen molar-refractivity contribution in [1.29, 1.82) is 0 Å². The molecule has 4 rings (SSSR count). The van der Waals surface area contributed by atoms with E-state index in [4.69, 9.17) is 0 Å². The molecular formula is C18H22FN3O3. The average Bonchev–Trinajstić information content (AvgIpc) is 3.39. The lowest BCUT2D eigenvalue weighted by molar-refractivity contribution is -0.385. The Labute approximate surface area is 145 Å². The maximum absolute atomic E-state index is 13.5. The lowest BCUT2D eigenvalue weighted by Gasteiger charge is -2.47. The summed E-state index contributed by atoms with van der Waals surface area (Å²) in [5, 5.41) is 14.1. The number of carbonyl (C=O) groups is 1. The molecule has 7 heteroatoms. The molecular weight excluding hydrogens is 325 g/mol. The predicted octanol–water partition coefficient (Wildman–Crippen LogP) is 2.73. The second-order valence-electron chi connectivity index (χ2n) is 7.55. The van der Waals surface area contributed by atoms with Crippen molar-refractivity contribution in [3.63, 3.8) is 0 Å². The molecule has 2 bridgehead atoms. The zero-order chi connectivity index (χ0) is 17.6. The van der Waals surface area contributed by atoms with Gasteiger partial charge in [0.15, 0.2) is 0 Å². The van der Waals surface area contributed by atoms with Crippen molar-refractivity contribution >= 4 is 11.6 Å². The number of rotatable bonds is 4. The van der Waals surface area contributed by atoms with Gasteiger partial charge in [-0.1, -0.05) is 6.42 Å². The molecule has 1 aromatic rings. The second kappa shape index (κ2) is 6.37. The third-order valence-corrected chi connectivity index (χ3v) is 5.86. The summed E-state index contributed by atoms with van der Waals surface area (Å²) in [5.74, 6) is -0.415. The number of fused-ring (bicyclic) bond motifs is 2.